The highest BCUT2D eigenvalue weighted by Crippen LogP contribution is 2.21. The Morgan fingerprint density at radius 1 is 0.600 bits per heavy atom. The molecule has 0 N–H and O–H groups in total. The summed E-state index contributed by atoms with van der Waals surface area (Å²) in [6.07, 6.45) is 17.0. The summed E-state index contributed by atoms with van der Waals surface area (Å²) >= 11 is -0.779. The van der Waals surface area contributed by atoms with E-state index in [2.05, 4.69) is 80.0 Å². The molecule has 0 spiro atoms. The third-order valence-corrected chi connectivity index (χ3v) is 6.95. The molecule has 0 aromatic carbocycles. The number of aromatic nitrogens is 2. The molecule has 0 radical (unpaired) electrons. The Morgan fingerprint density at radius 2 is 1.16 bits per heavy atom. The second-order valence-corrected chi connectivity index (χ2v) is 8.08. The van der Waals surface area contributed by atoms with Crippen molar-refractivity contribution < 1.29 is 0 Å². The molecule has 4 nitrogen and oxygen atoms in total. The summed E-state index contributed by atoms with van der Waals surface area (Å²) in [4.78, 5) is 9.46. The third-order valence-electron chi connectivity index (χ3n) is 4.93. The quantitative estimate of drug-likeness (QED) is 0.649. The van der Waals surface area contributed by atoms with Gasteiger partial charge in [-0.15, -0.1) is 0 Å². The predicted molar refractivity (Wildman–Crippen MR) is 104 cm³/mol. The van der Waals surface area contributed by atoms with Gasteiger partial charge in [-0.05, 0) is 72.9 Å². The lowest BCUT2D eigenvalue weighted by molar-refractivity contribution is 1.04. The van der Waals surface area contributed by atoms with Crippen LogP contribution in [0.3, 0.4) is 0 Å². The molecular formula is C20H13AlN4. The van der Waals surface area contributed by atoms with E-state index in [4.69, 9.17) is 9.98 Å². The van der Waals surface area contributed by atoms with Gasteiger partial charge >= 0.3 is 15.7 Å². The van der Waals surface area contributed by atoms with E-state index in [0.717, 1.165) is 22.8 Å². The molecule has 4 aliphatic rings. The number of allylic oxidation sites excluding steroid dienone is 4. The monoisotopic (exact) mass is 336 g/mol. The fourth-order valence-corrected chi connectivity index (χ4v) is 5.41. The Bertz CT molecular complexity index is 1160. The van der Waals surface area contributed by atoms with Gasteiger partial charge in [0.05, 0.1) is 22.8 Å². The van der Waals surface area contributed by atoms with Crippen LogP contribution in [-0.4, -0.2) is 34.2 Å². The number of hydrogen-bond donors (Lipinski definition) is 0. The van der Waals surface area contributed by atoms with E-state index in [1.807, 2.05) is 0 Å². The third kappa shape index (κ3) is 2.07. The molecule has 0 amide bonds. The Hall–Kier alpha value is -2.87. The Labute approximate surface area is 150 Å². The van der Waals surface area contributed by atoms with E-state index in [0.29, 0.717) is 0 Å². The van der Waals surface area contributed by atoms with Gasteiger partial charge in [0, 0.05) is 22.1 Å². The molecule has 6 bridgehead atoms. The topological polar surface area (TPSA) is 34.6 Å². The van der Waals surface area contributed by atoms with Crippen molar-refractivity contribution in [2.24, 2.45) is 9.98 Å². The van der Waals surface area contributed by atoms with Crippen LogP contribution >= 0.6 is 0 Å². The minimum atomic E-state index is -0.779. The summed E-state index contributed by atoms with van der Waals surface area (Å²) in [6, 6.07) is 8.75. The lowest BCUT2D eigenvalue weighted by Gasteiger charge is -2.13. The summed E-state index contributed by atoms with van der Waals surface area (Å²) in [5, 5.41) is 2.42. The fraction of sp³-hybridized carbons (Fsp3) is 0. The second-order valence-electron chi connectivity index (χ2n) is 6.53. The molecule has 0 fully saturated rings. The van der Waals surface area contributed by atoms with E-state index in [-0.39, 0.29) is 0 Å². The maximum absolute atomic E-state index is 4.73. The molecule has 116 valence electrons. The van der Waals surface area contributed by atoms with Gasteiger partial charge in [0.1, 0.15) is 0 Å². The van der Waals surface area contributed by atoms with Crippen molar-refractivity contribution in [3.8, 4) is 0 Å². The zero-order valence-corrected chi connectivity index (χ0v) is 14.8. The van der Waals surface area contributed by atoms with Crippen molar-refractivity contribution in [3.63, 3.8) is 0 Å². The maximum Gasteiger partial charge on any atom is 0.558 e. The van der Waals surface area contributed by atoms with Gasteiger partial charge in [-0.1, -0.05) is 0 Å². The van der Waals surface area contributed by atoms with Gasteiger partial charge in [0.25, 0.3) is 0 Å². The first kappa shape index (κ1) is 13.4. The first-order chi connectivity index (χ1) is 12.3. The molecule has 6 rings (SSSR count). The normalized spacial score (nSPS) is 18.4. The number of aliphatic imine (C=N–C) groups is 2. The van der Waals surface area contributed by atoms with Gasteiger partial charge in [0.2, 0.25) is 0 Å². The summed E-state index contributed by atoms with van der Waals surface area (Å²) in [5.41, 5.74) is 6.47. The molecule has 0 atom stereocenters. The predicted octanol–water partition coefficient (Wildman–Crippen LogP) is 1.24. The molecule has 2 aromatic heterocycles. The molecule has 0 aliphatic carbocycles. The molecule has 25 heavy (non-hydrogen) atoms. The zero-order valence-electron chi connectivity index (χ0n) is 13.4. The molecular weight excluding hydrogens is 323 g/mol. The van der Waals surface area contributed by atoms with Crippen molar-refractivity contribution in [2.45, 2.75) is 0 Å². The maximum atomic E-state index is 4.73. The number of rotatable bonds is 0. The molecule has 2 aromatic rings. The van der Waals surface area contributed by atoms with Gasteiger partial charge in [-0.2, -0.15) is 0 Å². The van der Waals surface area contributed by atoms with E-state index < -0.39 is 15.7 Å². The largest absolute Gasteiger partial charge is 0.558 e. The van der Waals surface area contributed by atoms with E-state index in [9.17, 15) is 0 Å². The number of hydrogen-bond acceptors (Lipinski definition) is 2. The smallest absolute Gasteiger partial charge is 0.418 e. The highest BCUT2D eigenvalue weighted by molar-refractivity contribution is 6.34. The van der Waals surface area contributed by atoms with Crippen LogP contribution in [0, 0.1) is 0 Å². The lowest BCUT2D eigenvalue weighted by Crippen LogP contribution is -2.36. The number of nitrogens with zero attached hydrogens (tertiary/aromatic N) is 4. The summed E-state index contributed by atoms with van der Waals surface area (Å²) in [5.74, 6) is 0. The Balaban J connectivity index is 1.79. The summed E-state index contributed by atoms with van der Waals surface area (Å²) in [7, 11) is 0. The van der Waals surface area contributed by atoms with Crippen LogP contribution in [0.1, 0.15) is 11.4 Å². The van der Waals surface area contributed by atoms with Crippen LogP contribution in [0.4, 0.5) is 0 Å². The standard InChI is InChI=1S/C20H12N4.Al.H/c1-2-14-10-16-5-6-18(23-16)12-20-8-7-19(24-20)11-17-4-3-15(22-17)9-13(1)21-14;;/h1-12H;;/q-2;+2;. The van der Waals surface area contributed by atoms with Crippen LogP contribution in [0.2, 0.25) is 0 Å². The van der Waals surface area contributed by atoms with Crippen LogP contribution in [0.5, 0.6) is 0 Å². The van der Waals surface area contributed by atoms with Crippen molar-refractivity contribution in [2.75, 3.05) is 0 Å². The van der Waals surface area contributed by atoms with Crippen molar-refractivity contribution >= 4 is 51.4 Å². The zero-order chi connectivity index (χ0) is 16.4. The molecule has 0 saturated heterocycles. The average Bonchev–Trinajstić information content (AvgIpc) is 3.37. The van der Waals surface area contributed by atoms with E-state index in [1.54, 1.807) is 0 Å². The van der Waals surface area contributed by atoms with Gasteiger partial charge in [-0.25, -0.2) is 9.98 Å². The van der Waals surface area contributed by atoms with Crippen molar-refractivity contribution in [1.82, 2.24) is 7.10 Å². The van der Waals surface area contributed by atoms with E-state index in [1.165, 1.54) is 22.1 Å². The molecule has 6 heterocycles. The van der Waals surface area contributed by atoms with Crippen LogP contribution < -0.4 is 10.7 Å². The SMILES string of the molecule is C1=CC2=NC1=Cc1ccc3[n]1[AlH][n]1c(ccc1=CC1=NC(=C3)C=C1)=C2. The Kier molecular flexibility index (Phi) is 2.59. The Morgan fingerprint density at radius 3 is 1.72 bits per heavy atom. The van der Waals surface area contributed by atoms with E-state index >= 15 is 0 Å². The highest BCUT2D eigenvalue weighted by atomic mass is 27.1. The minimum Gasteiger partial charge on any atom is -0.418 e. The summed E-state index contributed by atoms with van der Waals surface area (Å²) < 4.78 is 4.90. The first-order valence-corrected chi connectivity index (χ1v) is 9.64. The van der Waals surface area contributed by atoms with Gasteiger partial charge < -0.3 is 7.10 Å². The second kappa shape index (κ2) is 4.83. The van der Waals surface area contributed by atoms with Gasteiger partial charge in [0.15, 0.2) is 0 Å². The molecule has 0 unspecified atom stereocenters. The number of fused-ring (bicyclic) bond motifs is 2. The fourth-order valence-electron chi connectivity index (χ4n) is 3.69. The summed E-state index contributed by atoms with van der Waals surface area (Å²) in [6.45, 7) is 0. The molecule has 0 saturated carbocycles. The molecule has 5 heteroatoms. The van der Waals surface area contributed by atoms with Crippen LogP contribution in [-0.2, 0) is 0 Å². The molecule has 4 aliphatic heterocycles. The van der Waals surface area contributed by atoms with Gasteiger partial charge in [-0.3, -0.25) is 0 Å². The van der Waals surface area contributed by atoms with Crippen molar-refractivity contribution in [3.05, 3.63) is 82.0 Å². The highest BCUT2D eigenvalue weighted by Gasteiger charge is 2.16. The van der Waals surface area contributed by atoms with Crippen LogP contribution in [0.25, 0.3) is 24.3 Å². The lowest BCUT2D eigenvalue weighted by atomic mass is 10.3. The van der Waals surface area contributed by atoms with Crippen LogP contribution in [0.15, 0.2) is 69.9 Å². The first-order valence-electron chi connectivity index (χ1n) is 8.37. The minimum absolute atomic E-state index is 0.779. The van der Waals surface area contributed by atoms with Crippen molar-refractivity contribution in [1.29, 1.82) is 0 Å². The average molecular weight is 336 g/mol.